The number of hydrogen-bond donors (Lipinski definition) is 0. The van der Waals surface area contributed by atoms with Gasteiger partial charge in [-0.15, -0.1) is 0 Å². The minimum absolute atomic E-state index is 0.473. The minimum atomic E-state index is 0.473. The smallest absolute Gasteiger partial charge is 0.0700 e. The van der Waals surface area contributed by atoms with Crippen molar-refractivity contribution in [1.29, 1.82) is 0 Å². The molecule has 0 aromatic carbocycles. The molecule has 1 nitrogen and oxygen atoms in total. The lowest BCUT2D eigenvalue weighted by Crippen LogP contribution is -2.26. The molecule has 1 saturated carbocycles. The van der Waals surface area contributed by atoms with Crippen LogP contribution in [-0.2, 0) is 4.74 Å². The van der Waals surface area contributed by atoms with Gasteiger partial charge in [0.15, 0.2) is 0 Å². The van der Waals surface area contributed by atoms with Crippen LogP contribution in [-0.4, -0.2) is 17.5 Å². The molecule has 0 spiro atoms. The van der Waals surface area contributed by atoms with Crippen molar-refractivity contribution in [3.8, 4) is 0 Å². The van der Waals surface area contributed by atoms with Gasteiger partial charge in [0.1, 0.15) is 0 Å². The van der Waals surface area contributed by atoms with E-state index in [0.29, 0.717) is 10.9 Å². The average molecular weight is 319 g/mol. The molecular weight excluding hydrogens is 288 g/mol. The third kappa shape index (κ3) is 7.78. The summed E-state index contributed by atoms with van der Waals surface area (Å²) in [5.41, 5.74) is 0. The summed E-state index contributed by atoms with van der Waals surface area (Å²) < 4.78 is 6.09. The molecule has 0 N–H and O–H groups in total. The highest BCUT2D eigenvalue weighted by Gasteiger charge is 2.20. The third-order valence-corrected chi connectivity index (χ3v) is 5.00. The van der Waals surface area contributed by atoms with Crippen LogP contribution in [0.25, 0.3) is 0 Å². The van der Waals surface area contributed by atoms with E-state index >= 15 is 0 Å². The van der Waals surface area contributed by atoms with Crippen molar-refractivity contribution in [2.24, 2.45) is 0 Å². The molecular formula is C16H31BrO. The molecule has 0 aliphatic heterocycles. The number of ether oxygens (including phenoxy) is 1. The summed E-state index contributed by atoms with van der Waals surface area (Å²) in [5, 5.41) is 0. The highest BCUT2D eigenvalue weighted by Crippen LogP contribution is 2.25. The summed E-state index contributed by atoms with van der Waals surface area (Å²) in [5.74, 6) is 0. The molecule has 0 saturated heterocycles. The highest BCUT2D eigenvalue weighted by atomic mass is 79.9. The monoisotopic (exact) mass is 318 g/mol. The molecule has 18 heavy (non-hydrogen) atoms. The van der Waals surface area contributed by atoms with Gasteiger partial charge in [-0.2, -0.15) is 0 Å². The Labute approximate surface area is 122 Å². The molecule has 0 heterocycles. The molecule has 1 fully saturated rings. The molecule has 2 atom stereocenters. The van der Waals surface area contributed by atoms with Crippen molar-refractivity contribution in [2.45, 2.75) is 94.9 Å². The molecule has 2 unspecified atom stereocenters. The van der Waals surface area contributed by atoms with E-state index in [0.717, 1.165) is 6.61 Å². The van der Waals surface area contributed by atoms with Crippen LogP contribution in [0.2, 0.25) is 0 Å². The van der Waals surface area contributed by atoms with Gasteiger partial charge in [-0.05, 0) is 19.3 Å². The van der Waals surface area contributed by atoms with E-state index < -0.39 is 0 Å². The van der Waals surface area contributed by atoms with E-state index in [1.165, 1.54) is 77.0 Å². The Morgan fingerprint density at radius 2 is 1.56 bits per heavy atom. The number of hydrogen-bond acceptors (Lipinski definition) is 1. The highest BCUT2D eigenvalue weighted by molar-refractivity contribution is 9.09. The van der Waals surface area contributed by atoms with E-state index in [4.69, 9.17) is 4.74 Å². The second kappa shape index (κ2) is 11.3. The predicted molar refractivity (Wildman–Crippen MR) is 83.5 cm³/mol. The fourth-order valence-corrected chi connectivity index (χ4v) is 3.45. The number of rotatable bonds is 8. The van der Waals surface area contributed by atoms with Gasteiger partial charge in [0.25, 0.3) is 0 Å². The lowest BCUT2D eigenvalue weighted by atomic mass is 9.98. The van der Waals surface area contributed by atoms with E-state index in [1.807, 2.05) is 0 Å². The van der Waals surface area contributed by atoms with Crippen molar-refractivity contribution in [3.63, 3.8) is 0 Å². The van der Waals surface area contributed by atoms with Gasteiger partial charge in [0, 0.05) is 11.4 Å². The van der Waals surface area contributed by atoms with Crippen LogP contribution in [0.5, 0.6) is 0 Å². The fourth-order valence-electron chi connectivity index (χ4n) is 2.71. The summed E-state index contributed by atoms with van der Waals surface area (Å²) in [6.45, 7) is 3.24. The molecule has 1 aliphatic carbocycles. The zero-order valence-electron chi connectivity index (χ0n) is 12.1. The van der Waals surface area contributed by atoms with Crippen LogP contribution in [0.3, 0.4) is 0 Å². The summed E-state index contributed by atoms with van der Waals surface area (Å²) >= 11 is 3.82. The molecule has 1 rings (SSSR count). The molecule has 0 amide bonds. The Hall–Kier alpha value is 0.440. The lowest BCUT2D eigenvalue weighted by molar-refractivity contribution is 0.0386. The fraction of sp³-hybridized carbons (Fsp3) is 1.00. The van der Waals surface area contributed by atoms with Crippen molar-refractivity contribution in [2.75, 3.05) is 6.61 Å². The first-order chi connectivity index (χ1) is 8.84. The number of halogens is 1. The van der Waals surface area contributed by atoms with Crippen LogP contribution in [0, 0.1) is 0 Å². The third-order valence-electron chi connectivity index (χ3n) is 3.95. The normalized spacial score (nSPS) is 25.7. The Balaban J connectivity index is 2.01. The summed E-state index contributed by atoms with van der Waals surface area (Å²) in [6.07, 6.45) is 16.7. The summed E-state index contributed by atoms with van der Waals surface area (Å²) in [6, 6.07) is 0. The standard InChI is InChI=1S/C16H31BrO/c1-2-3-4-5-8-11-14-18-16-13-10-7-6-9-12-15(16)17/h15-16H,2-14H2,1H3. The van der Waals surface area contributed by atoms with Crippen LogP contribution in [0.4, 0.5) is 0 Å². The van der Waals surface area contributed by atoms with Crippen LogP contribution in [0.15, 0.2) is 0 Å². The first kappa shape index (κ1) is 16.5. The average Bonchev–Trinajstić information content (AvgIpc) is 2.36. The first-order valence-corrected chi connectivity index (χ1v) is 9.02. The Bertz CT molecular complexity index is 184. The van der Waals surface area contributed by atoms with Crippen molar-refractivity contribution >= 4 is 15.9 Å². The second-order valence-electron chi connectivity index (χ2n) is 5.68. The first-order valence-electron chi connectivity index (χ1n) is 8.10. The summed E-state index contributed by atoms with van der Waals surface area (Å²) in [4.78, 5) is 0.595. The number of unbranched alkanes of at least 4 members (excludes halogenated alkanes) is 5. The largest absolute Gasteiger partial charge is 0.377 e. The second-order valence-corrected chi connectivity index (χ2v) is 6.86. The molecule has 108 valence electrons. The minimum Gasteiger partial charge on any atom is -0.377 e. The van der Waals surface area contributed by atoms with Crippen molar-refractivity contribution in [3.05, 3.63) is 0 Å². The predicted octanol–water partition coefficient (Wildman–Crippen LogP) is 5.85. The van der Waals surface area contributed by atoms with Gasteiger partial charge in [-0.3, -0.25) is 0 Å². The lowest BCUT2D eigenvalue weighted by Gasteiger charge is -2.25. The Morgan fingerprint density at radius 1 is 0.889 bits per heavy atom. The van der Waals surface area contributed by atoms with Gasteiger partial charge in [-0.1, -0.05) is 80.6 Å². The van der Waals surface area contributed by atoms with Gasteiger partial charge in [-0.25, -0.2) is 0 Å². The van der Waals surface area contributed by atoms with Crippen molar-refractivity contribution in [1.82, 2.24) is 0 Å². The van der Waals surface area contributed by atoms with Gasteiger partial charge in [0.05, 0.1) is 6.10 Å². The molecule has 2 heteroatoms. The Morgan fingerprint density at radius 3 is 2.33 bits per heavy atom. The van der Waals surface area contributed by atoms with E-state index in [-0.39, 0.29) is 0 Å². The maximum absolute atomic E-state index is 6.09. The maximum Gasteiger partial charge on any atom is 0.0700 e. The molecule has 0 bridgehead atoms. The zero-order chi connectivity index (χ0) is 13.1. The van der Waals surface area contributed by atoms with E-state index in [1.54, 1.807) is 0 Å². The Kier molecular flexibility index (Phi) is 10.3. The van der Waals surface area contributed by atoms with Crippen LogP contribution >= 0.6 is 15.9 Å². The topological polar surface area (TPSA) is 9.23 Å². The van der Waals surface area contributed by atoms with Crippen molar-refractivity contribution < 1.29 is 4.74 Å². The van der Waals surface area contributed by atoms with Crippen LogP contribution in [0.1, 0.15) is 84.0 Å². The van der Waals surface area contributed by atoms with E-state index in [2.05, 4.69) is 22.9 Å². The van der Waals surface area contributed by atoms with Gasteiger partial charge in [0.2, 0.25) is 0 Å². The maximum atomic E-state index is 6.09. The van der Waals surface area contributed by atoms with Gasteiger partial charge < -0.3 is 4.74 Å². The molecule has 0 radical (unpaired) electrons. The summed E-state index contributed by atoms with van der Waals surface area (Å²) in [7, 11) is 0. The molecule has 0 aromatic rings. The number of alkyl halides is 1. The van der Waals surface area contributed by atoms with E-state index in [9.17, 15) is 0 Å². The SMILES string of the molecule is CCCCCCCCOC1CCCCCCC1Br. The zero-order valence-corrected chi connectivity index (χ0v) is 13.7. The van der Waals surface area contributed by atoms with Gasteiger partial charge >= 0.3 is 0 Å². The quantitative estimate of drug-likeness (QED) is 0.403. The molecule has 0 aromatic heterocycles. The van der Waals surface area contributed by atoms with Crippen LogP contribution < -0.4 is 0 Å². The molecule has 1 aliphatic rings.